The van der Waals surface area contributed by atoms with E-state index in [0.717, 1.165) is 11.1 Å². The van der Waals surface area contributed by atoms with Gasteiger partial charge in [0.15, 0.2) is 11.5 Å². The summed E-state index contributed by atoms with van der Waals surface area (Å²) in [5.74, 6) is -1.67. The molecular weight excluding hydrogens is 569 g/mol. The van der Waals surface area contributed by atoms with Crippen molar-refractivity contribution in [2.45, 2.75) is 25.2 Å². The molecule has 0 atom stereocenters. The van der Waals surface area contributed by atoms with Gasteiger partial charge in [-0.1, -0.05) is 59.6 Å². The van der Waals surface area contributed by atoms with Crippen molar-refractivity contribution in [3.05, 3.63) is 140 Å². The second kappa shape index (κ2) is 10.3. The maximum absolute atomic E-state index is 14.1. The van der Waals surface area contributed by atoms with Crippen LogP contribution in [0.4, 0.5) is 8.78 Å². The Labute approximate surface area is 244 Å². The number of benzene rings is 4. The third kappa shape index (κ3) is 4.73. The number of carbonyl (C=O) groups excluding carboxylic acids is 2. The van der Waals surface area contributed by atoms with Crippen LogP contribution >= 0.6 is 23.2 Å². The number of rotatable bonds is 5. The van der Waals surface area contributed by atoms with E-state index in [1.54, 1.807) is 41.3 Å². The lowest BCUT2D eigenvalue weighted by molar-refractivity contribution is -0.130. The van der Waals surface area contributed by atoms with Crippen LogP contribution in [-0.4, -0.2) is 27.6 Å². The summed E-state index contributed by atoms with van der Waals surface area (Å²) >= 11 is 12.3. The number of amides is 2. The molecule has 2 N–H and O–H groups in total. The van der Waals surface area contributed by atoms with Crippen molar-refractivity contribution >= 4 is 41.0 Å². The molecule has 0 spiro atoms. The summed E-state index contributed by atoms with van der Waals surface area (Å²) < 4.78 is 27.5. The standard InChI is InChI=1S/C31H22Cl2F2N4O2/c32-26-13-20-16-38(17-21(20)14-27(26)33)28(40)19-3-1-2-18(12-19)15-39-29(41)31(37-30(39)36,22-4-8-24(34)9-5-22)23-6-10-25(35)11-7-23/h1-14H,15-17H2,(H2,36,37). The molecule has 6 rings (SSSR count). The number of aliphatic imine (C=N–C) groups is 1. The maximum atomic E-state index is 14.1. The molecule has 0 unspecified atom stereocenters. The highest BCUT2D eigenvalue weighted by molar-refractivity contribution is 6.42. The largest absolute Gasteiger partial charge is 0.369 e. The van der Waals surface area contributed by atoms with Crippen molar-refractivity contribution < 1.29 is 18.4 Å². The summed E-state index contributed by atoms with van der Waals surface area (Å²) in [4.78, 5) is 35.0. The molecule has 10 heteroatoms. The second-order valence-electron chi connectivity index (χ2n) is 9.98. The van der Waals surface area contributed by atoms with Gasteiger partial charge in [-0.05, 0) is 76.3 Å². The van der Waals surface area contributed by atoms with Gasteiger partial charge in [0.2, 0.25) is 0 Å². The highest BCUT2D eigenvalue weighted by Gasteiger charge is 2.50. The highest BCUT2D eigenvalue weighted by Crippen LogP contribution is 2.40. The predicted octanol–water partition coefficient (Wildman–Crippen LogP) is 6.03. The van der Waals surface area contributed by atoms with Crippen molar-refractivity contribution in [1.82, 2.24) is 9.80 Å². The molecule has 6 nitrogen and oxygen atoms in total. The van der Waals surface area contributed by atoms with Crippen molar-refractivity contribution in [2.75, 3.05) is 0 Å². The molecule has 4 aromatic rings. The normalized spacial score (nSPS) is 15.7. The first-order valence-corrected chi connectivity index (χ1v) is 13.5. The van der Waals surface area contributed by atoms with E-state index in [1.165, 1.54) is 53.4 Å². The summed E-state index contributed by atoms with van der Waals surface area (Å²) in [6, 6.07) is 21.3. The van der Waals surface area contributed by atoms with Crippen molar-refractivity contribution in [1.29, 1.82) is 0 Å². The molecule has 0 saturated heterocycles. The summed E-state index contributed by atoms with van der Waals surface area (Å²) in [7, 11) is 0. The van der Waals surface area contributed by atoms with Crippen LogP contribution in [0.5, 0.6) is 0 Å². The van der Waals surface area contributed by atoms with E-state index < -0.39 is 23.1 Å². The maximum Gasteiger partial charge on any atom is 0.266 e. The van der Waals surface area contributed by atoms with E-state index in [1.807, 2.05) is 0 Å². The zero-order valence-electron chi connectivity index (χ0n) is 21.5. The SMILES string of the molecule is NC1=NC(c2ccc(F)cc2)(c2ccc(F)cc2)C(=O)N1Cc1cccc(C(=O)N2Cc3cc(Cl)c(Cl)cc3C2)c1. The van der Waals surface area contributed by atoms with Gasteiger partial charge in [-0.2, -0.15) is 0 Å². The number of hydrogen-bond acceptors (Lipinski definition) is 4. The Morgan fingerprint density at radius 3 is 1.93 bits per heavy atom. The number of guanidine groups is 1. The van der Waals surface area contributed by atoms with Gasteiger partial charge in [0.05, 0.1) is 16.6 Å². The van der Waals surface area contributed by atoms with Crippen LogP contribution in [0.25, 0.3) is 0 Å². The average Bonchev–Trinajstić information content (AvgIpc) is 3.48. The zero-order valence-corrected chi connectivity index (χ0v) is 23.0. The molecule has 2 aliphatic rings. The fraction of sp³-hybridized carbons (Fsp3) is 0.129. The summed E-state index contributed by atoms with van der Waals surface area (Å²) in [6.45, 7) is 0.833. The molecule has 4 aromatic carbocycles. The molecule has 2 amide bonds. The number of hydrogen-bond donors (Lipinski definition) is 1. The molecule has 206 valence electrons. The number of halogens is 4. The second-order valence-corrected chi connectivity index (χ2v) is 10.8. The van der Waals surface area contributed by atoms with Crippen LogP contribution in [0, 0.1) is 11.6 Å². The van der Waals surface area contributed by atoms with Crippen LogP contribution in [0.2, 0.25) is 10.0 Å². The number of nitrogens with zero attached hydrogens (tertiary/aromatic N) is 3. The minimum absolute atomic E-state index is 0.0326. The molecule has 0 aromatic heterocycles. The van der Waals surface area contributed by atoms with Gasteiger partial charge in [-0.15, -0.1) is 0 Å². The van der Waals surface area contributed by atoms with E-state index in [9.17, 15) is 18.4 Å². The third-order valence-electron chi connectivity index (χ3n) is 7.40. The van der Waals surface area contributed by atoms with Crippen molar-refractivity contribution in [2.24, 2.45) is 10.7 Å². The Bertz CT molecular complexity index is 1650. The number of fused-ring (bicyclic) bond motifs is 1. The molecular formula is C31H22Cl2F2N4O2. The van der Waals surface area contributed by atoms with Crippen molar-refractivity contribution in [3.63, 3.8) is 0 Å². The Morgan fingerprint density at radius 1 is 0.854 bits per heavy atom. The first-order valence-electron chi connectivity index (χ1n) is 12.7. The lowest BCUT2D eigenvalue weighted by Gasteiger charge is -2.27. The molecule has 0 radical (unpaired) electrons. The first kappa shape index (κ1) is 26.9. The predicted molar refractivity (Wildman–Crippen MR) is 152 cm³/mol. The van der Waals surface area contributed by atoms with E-state index in [-0.39, 0.29) is 18.4 Å². The Hall–Kier alpha value is -4.27. The number of nitrogens with two attached hydrogens (primary N) is 1. The van der Waals surface area contributed by atoms with E-state index >= 15 is 0 Å². The third-order valence-corrected chi connectivity index (χ3v) is 8.13. The lowest BCUT2D eigenvalue weighted by atomic mass is 9.82. The molecule has 0 saturated carbocycles. The van der Waals surface area contributed by atoms with Crippen LogP contribution in [-0.2, 0) is 30.0 Å². The molecule has 0 aliphatic carbocycles. The van der Waals surface area contributed by atoms with Crippen LogP contribution in [0.1, 0.15) is 38.2 Å². The minimum atomic E-state index is -1.62. The van der Waals surface area contributed by atoms with Gasteiger partial charge in [0, 0.05) is 18.7 Å². The molecule has 0 bridgehead atoms. The van der Waals surface area contributed by atoms with Gasteiger partial charge in [-0.3, -0.25) is 14.5 Å². The van der Waals surface area contributed by atoms with Gasteiger partial charge in [0.1, 0.15) is 11.6 Å². The van der Waals surface area contributed by atoms with E-state index in [4.69, 9.17) is 28.9 Å². The first-order chi connectivity index (χ1) is 19.7. The topological polar surface area (TPSA) is 79.0 Å². The summed E-state index contributed by atoms with van der Waals surface area (Å²) in [6.07, 6.45) is 0. The van der Waals surface area contributed by atoms with Crippen LogP contribution < -0.4 is 5.73 Å². The Kier molecular flexibility index (Phi) is 6.76. The number of carbonyl (C=O) groups is 2. The van der Waals surface area contributed by atoms with Crippen molar-refractivity contribution in [3.8, 4) is 0 Å². The Morgan fingerprint density at radius 2 is 1.39 bits per heavy atom. The smallest absolute Gasteiger partial charge is 0.266 e. The van der Waals surface area contributed by atoms with Gasteiger partial charge in [0.25, 0.3) is 11.8 Å². The molecule has 2 heterocycles. The minimum Gasteiger partial charge on any atom is -0.369 e. The quantitative estimate of drug-likeness (QED) is 0.308. The van der Waals surface area contributed by atoms with Gasteiger partial charge in [-0.25, -0.2) is 13.8 Å². The van der Waals surface area contributed by atoms with Crippen LogP contribution in [0.3, 0.4) is 0 Å². The molecule has 2 aliphatic heterocycles. The average molecular weight is 591 g/mol. The van der Waals surface area contributed by atoms with Gasteiger partial charge < -0.3 is 10.6 Å². The lowest BCUT2D eigenvalue weighted by Crippen LogP contribution is -2.43. The zero-order chi connectivity index (χ0) is 28.9. The van der Waals surface area contributed by atoms with Gasteiger partial charge >= 0.3 is 0 Å². The fourth-order valence-electron chi connectivity index (χ4n) is 5.36. The highest BCUT2D eigenvalue weighted by atomic mass is 35.5. The van der Waals surface area contributed by atoms with E-state index in [2.05, 4.69) is 4.99 Å². The Balaban J connectivity index is 1.28. The fourth-order valence-corrected chi connectivity index (χ4v) is 5.73. The summed E-state index contributed by atoms with van der Waals surface area (Å²) in [5, 5.41) is 0.877. The molecule has 0 fully saturated rings. The summed E-state index contributed by atoms with van der Waals surface area (Å²) in [5.41, 5.74) is 8.43. The monoisotopic (exact) mass is 590 g/mol. The molecule has 41 heavy (non-hydrogen) atoms. The van der Waals surface area contributed by atoms with Crippen LogP contribution in [0.15, 0.2) is 89.9 Å². The van der Waals surface area contributed by atoms with E-state index in [0.29, 0.717) is 45.4 Å².